The first-order valence-corrected chi connectivity index (χ1v) is 7.88. The van der Waals surface area contributed by atoms with E-state index < -0.39 is 4.92 Å². The maximum absolute atomic E-state index is 12.9. The van der Waals surface area contributed by atoms with Gasteiger partial charge in [-0.05, 0) is 42.2 Å². The molecule has 23 heavy (non-hydrogen) atoms. The predicted octanol–water partition coefficient (Wildman–Crippen LogP) is 2.15. The minimum atomic E-state index is -0.491. The summed E-state index contributed by atoms with van der Waals surface area (Å²) < 4.78 is 0. The molecular weight excluding hydrogens is 296 g/mol. The number of rotatable bonds is 2. The molecule has 1 aromatic carbocycles. The maximum Gasteiger partial charge on any atom is 0.269 e. The summed E-state index contributed by atoms with van der Waals surface area (Å²) >= 11 is 0. The number of non-ortho nitro benzene ring substituents is 1. The lowest BCUT2D eigenvalue weighted by Gasteiger charge is -2.37. The zero-order chi connectivity index (χ0) is 15.9. The third-order valence-corrected chi connectivity index (χ3v) is 5.98. The van der Waals surface area contributed by atoms with Crippen molar-refractivity contribution in [2.75, 3.05) is 4.90 Å². The highest BCUT2D eigenvalue weighted by Gasteiger charge is 2.67. The molecule has 0 spiro atoms. The molecule has 0 radical (unpaired) electrons. The molecule has 2 bridgehead atoms. The lowest BCUT2D eigenvalue weighted by atomic mass is 9.63. The number of carbonyl (C=O) groups is 2. The lowest BCUT2D eigenvalue weighted by molar-refractivity contribution is -0.384. The van der Waals surface area contributed by atoms with Crippen LogP contribution in [0.1, 0.15) is 6.42 Å². The molecule has 1 aliphatic heterocycles. The number of allylic oxidation sites excluding steroid dienone is 2. The van der Waals surface area contributed by atoms with E-state index in [1.807, 2.05) is 0 Å². The number of hydrogen-bond donors (Lipinski definition) is 0. The number of nitro benzene ring substituents is 1. The first kappa shape index (κ1) is 13.0. The van der Waals surface area contributed by atoms with E-state index in [2.05, 4.69) is 12.2 Å². The third-order valence-electron chi connectivity index (χ3n) is 5.98. The van der Waals surface area contributed by atoms with Gasteiger partial charge in [-0.2, -0.15) is 0 Å². The number of nitro groups is 1. The van der Waals surface area contributed by atoms with Crippen LogP contribution in [0.25, 0.3) is 0 Å². The van der Waals surface area contributed by atoms with E-state index in [4.69, 9.17) is 0 Å². The summed E-state index contributed by atoms with van der Waals surface area (Å²) in [5.41, 5.74) is 0.390. The first-order valence-electron chi connectivity index (χ1n) is 7.88. The molecule has 4 aliphatic carbocycles. The highest BCUT2D eigenvalue weighted by atomic mass is 16.6. The van der Waals surface area contributed by atoms with E-state index >= 15 is 0 Å². The average Bonchev–Trinajstić information content (AvgIpc) is 3.32. The fraction of sp³-hybridized carbons (Fsp3) is 0.412. The van der Waals surface area contributed by atoms with E-state index in [0.717, 1.165) is 6.42 Å². The number of anilines is 1. The fourth-order valence-corrected chi connectivity index (χ4v) is 4.93. The Hall–Kier alpha value is -2.50. The van der Waals surface area contributed by atoms with Crippen molar-refractivity contribution in [1.82, 2.24) is 0 Å². The van der Waals surface area contributed by atoms with Crippen LogP contribution in [0, 0.1) is 45.6 Å². The van der Waals surface area contributed by atoms with E-state index in [1.54, 1.807) is 0 Å². The smallest absolute Gasteiger partial charge is 0.269 e. The Labute approximate surface area is 131 Å². The summed E-state index contributed by atoms with van der Waals surface area (Å²) in [4.78, 5) is 37.2. The zero-order valence-corrected chi connectivity index (χ0v) is 12.2. The van der Waals surface area contributed by atoms with Gasteiger partial charge < -0.3 is 0 Å². The largest absolute Gasteiger partial charge is 0.274 e. The van der Waals surface area contributed by atoms with Gasteiger partial charge in [-0.25, -0.2) is 0 Å². The third kappa shape index (κ3) is 1.53. The molecule has 0 N–H and O–H groups in total. The Morgan fingerprint density at radius 1 is 0.957 bits per heavy atom. The molecule has 6 nitrogen and oxygen atoms in total. The summed E-state index contributed by atoms with van der Waals surface area (Å²) in [5.74, 6) is 0.758. The summed E-state index contributed by atoms with van der Waals surface area (Å²) in [7, 11) is 0. The van der Waals surface area contributed by atoms with Gasteiger partial charge in [0.1, 0.15) is 0 Å². The topological polar surface area (TPSA) is 80.5 Å². The van der Waals surface area contributed by atoms with Crippen molar-refractivity contribution >= 4 is 23.2 Å². The van der Waals surface area contributed by atoms with Crippen molar-refractivity contribution < 1.29 is 14.5 Å². The molecular formula is C17H14N2O4. The predicted molar refractivity (Wildman–Crippen MR) is 80.3 cm³/mol. The second kappa shape index (κ2) is 4.07. The van der Waals surface area contributed by atoms with Crippen LogP contribution in [0.3, 0.4) is 0 Å². The Balaban J connectivity index is 1.53. The highest BCUT2D eigenvalue weighted by molar-refractivity contribution is 6.22. The van der Waals surface area contributed by atoms with Gasteiger partial charge in [0.2, 0.25) is 11.8 Å². The second-order valence-corrected chi connectivity index (χ2v) is 6.94. The minimum absolute atomic E-state index is 0.0479. The summed E-state index contributed by atoms with van der Waals surface area (Å²) in [6.07, 6.45) is 5.39. The van der Waals surface area contributed by atoms with E-state index in [0.29, 0.717) is 17.5 Å². The highest BCUT2D eigenvalue weighted by Crippen LogP contribution is 2.65. The number of carbonyl (C=O) groups excluding carboxylic acids is 2. The van der Waals surface area contributed by atoms with Crippen LogP contribution in [-0.2, 0) is 9.59 Å². The lowest BCUT2D eigenvalue weighted by Crippen LogP contribution is -2.40. The average molecular weight is 310 g/mol. The van der Waals surface area contributed by atoms with Gasteiger partial charge in [0.15, 0.2) is 0 Å². The van der Waals surface area contributed by atoms with Crippen LogP contribution >= 0.6 is 0 Å². The number of amides is 2. The van der Waals surface area contributed by atoms with Crippen LogP contribution < -0.4 is 4.90 Å². The zero-order valence-electron chi connectivity index (χ0n) is 12.2. The van der Waals surface area contributed by atoms with Crippen LogP contribution in [0.5, 0.6) is 0 Å². The van der Waals surface area contributed by atoms with Crippen LogP contribution in [0.15, 0.2) is 36.4 Å². The molecule has 1 saturated heterocycles. The molecule has 3 fully saturated rings. The molecule has 116 valence electrons. The van der Waals surface area contributed by atoms with Crippen molar-refractivity contribution in [2.24, 2.45) is 35.5 Å². The van der Waals surface area contributed by atoms with E-state index in [1.165, 1.54) is 29.2 Å². The van der Waals surface area contributed by atoms with Gasteiger partial charge in [-0.1, -0.05) is 12.2 Å². The van der Waals surface area contributed by atoms with Crippen LogP contribution in [-0.4, -0.2) is 16.7 Å². The standard InChI is InChI=1S/C17H14N2O4/c20-16-14-10-5-6-11(13-7-12(10)13)15(14)17(21)18(16)8-1-3-9(4-2-8)19(22)23/h1-6,10-15H,7H2/t10-,11-,12-,13-,14-,15+/m1/s1. The number of benzene rings is 1. The molecule has 6 rings (SSSR count). The van der Waals surface area contributed by atoms with E-state index in [-0.39, 0.29) is 41.2 Å². The number of imide groups is 1. The molecule has 1 aromatic rings. The summed E-state index contributed by atoms with van der Waals surface area (Å²) in [6.45, 7) is 0. The van der Waals surface area contributed by atoms with Crippen molar-refractivity contribution in [1.29, 1.82) is 0 Å². The molecule has 2 amide bonds. The summed E-state index contributed by atoms with van der Waals surface area (Å²) in [6, 6.07) is 5.65. The van der Waals surface area contributed by atoms with Gasteiger partial charge in [0, 0.05) is 12.1 Å². The number of hydrogen-bond acceptors (Lipinski definition) is 4. The summed E-state index contributed by atoms with van der Waals surface area (Å²) in [5, 5.41) is 10.8. The van der Waals surface area contributed by atoms with Crippen molar-refractivity contribution in [3.63, 3.8) is 0 Å². The van der Waals surface area contributed by atoms with E-state index in [9.17, 15) is 19.7 Å². The second-order valence-electron chi connectivity index (χ2n) is 6.94. The maximum atomic E-state index is 12.9. The van der Waals surface area contributed by atoms with Gasteiger partial charge in [0.05, 0.1) is 22.4 Å². The molecule has 6 atom stereocenters. The van der Waals surface area contributed by atoms with Crippen LogP contribution in [0.4, 0.5) is 11.4 Å². The molecule has 1 heterocycles. The molecule has 0 unspecified atom stereocenters. The van der Waals surface area contributed by atoms with Gasteiger partial charge >= 0.3 is 0 Å². The molecule has 0 aromatic heterocycles. The fourth-order valence-electron chi connectivity index (χ4n) is 4.93. The number of nitrogens with zero attached hydrogens (tertiary/aromatic N) is 2. The normalized spacial score (nSPS) is 39.4. The SMILES string of the molecule is O=C1[C@@H]2[C@@H]3C=C[C@H]([C@H]4C[C@H]34)[C@@H]2C(=O)N1c1ccc([N+](=O)[O-])cc1. The first-order chi connectivity index (χ1) is 11.1. The van der Waals surface area contributed by atoms with Crippen molar-refractivity contribution in [2.45, 2.75) is 6.42 Å². The Morgan fingerprint density at radius 3 is 1.96 bits per heavy atom. The van der Waals surface area contributed by atoms with Gasteiger partial charge in [0.25, 0.3) is 5.69 Å². The monoisotopic (exact) mass is 310 g/mol. The molecule has 6 heteroatoms. The molecule has 2 saturated carbocycles. The minimum Gasteiger partial charge on any atom is -0.274 e. The van der Waals surface area contributed by atoms with Gasteiger partial charge in [-0.3, -0.25) is 24.6 Å². The Bertz CT molecular complexity index is 748. The Morgan fingerprint density at radius 2 is 1.48 bits per heavy atom. The Kier molecular flexibility index (Phi) is 2.30. The van der Waals surface area contributed by atoms with Crippen molar-refractivity contribution in [3.8, 4) is 0 Å². The quantitative estimate of drug-likeness (QED) is 0.363. The molecule has 5 aliphatic rings. The van der Waals surface area contributed by atoms with Crippen LogP contribution in [0.2, 0.25) is 0 Å². The van der Waals surface area contributed by atoms with Gasteiger partial charge in [-0.15, -0.1) is 0 Å². The van der Waals surface area contributed by atoms with Crippen molar-refractivity contribution in [3.05, 3.63) is 46.5 Å².